The molecule has 0 bridgehead atoms. The highest BCUT2D eigenvalue weighted by atomic mass is 32.2. The van der Waals surface area contributed by atoms with Crippen molar-refractivity contribution in [2.45, 2.75) is 12.1 Å². The van der Waals surface area contributed by atoms with Crippen LogP contribution < -0.4 is 5.32 Å². The summed E-state index contributed by atoms with van der Waals surface area (Å²) in [6.45, 7) is 5.67. The molecule has 1 amide bonds. The van der Waals surface area contributed by atoms with Crippen LogP contribution in [0.1, 0.15) is 6.92 Å². The van der Waals surface area contributed by atoms with E-state index in [1.807, 2.05) is 0 Å². The molecule has 0 spiro atoms. The van der Waals surface area contributed by atoms with Crippen LogP contribution in [0, 0.1) is 0 Å². The summed E-state index contributed by atoms with van der Waals surface area (Å²) in [6.07, 6.45) is 1.26. The summed E-state index contributed by atoms with van der Waals surface area (Å²) in [5.74, 6) is 0.746. The van der Waals surface area contributed by atoms with Crippen molar-refractivity contribution in [3.05, 3.63) is 12.7 Å². The van der Waals surface area contributed by atoms with Crippen LogP contribution in [0.25, 0.3) is 0 Å². The maximum absolute atomic E-state index is 11.0. The van der Waals surface area contributed by atoms with Crippen LogP contribution in [0.15, 0.2) is 17.8 Å². The average Bonchev–Trinajstić information content (AvgIpc) is 2.63. The normalized spacial score (nSPS) is 9.67. The van der Waals surface area contributed by atoms with Crippen molar-refractivity contribution < 1.29 is 9.53 Å². The summed E-state index contributed by atoms with van der Waals surface area (Å²) < 4.78 is 8.74. The van der Waals surface area contributed by atoms with Crippen LogP contribution in [0.5, 0.6) is 0 Å². The highest BCUT2D eigenvalue weighted by Gasteiger charge is 2.07. The Kier molecular flexibility index (Phi) is 5.13. The maximum atomic E-state index is 11.0. The third-order valence-electron chi connectivity index (χ3n) is 1.22. The molecule has 82 valence electrons. The highest BCUT2D eigenvalue weighted by Crippen LogP contribution is 2.19. The fourth-order valence-electron chi connectivity index (χ4n) is 0.707. The first-order chi connectivity index (χ1) is 7.26. The van der Waals surface area contributed by atoms with Gasteiger partial charge >= 0.3 is 6.09 Å². The van der Waals surface area contributed by atoms with Gasteiger partial charge in [0.15, 0.2) is 0 Å². The van der Waals surface area contributed by atoms with Crippen molar-refractivity contribution in [1.82, 2.24) is 9.36 Å². The Balaban J connectivity index is 2.45. The molecule has 0 aliphatic carbocycles. The van der Waals surface area contributed by atoms with Crippen molar-refractivity contribution in [3.8, 4) is 0 Å². The van der Waals surface area contributed by atoms with Gasteiger partial charge in [-0.1, -0.05) is 17.8 Å². The molecule has 1 rings (SSSR count). The van der Waals surface area contributed by atoms with Gasteiger partial charge in [-0.3, -0.25) is 5.32 Å². The fraction of sp³-hybridized carbons (Fsp3) is 0.375. The number of ether oxygens (including phenoxy) is 1. The molecule has 0 unspecified atom stereocenters. The SMILES string of the molecule is C=CCSc1nsc(NC(=O)OCC)n1. The Bertz CT molecular complexity index is 340. The van der Waals surface area contributed by atoms with Gasteiger partial charge in [0.05, 0.1) is 6.61 Å². The number of hydrogen-bond donors (Lipinski definition) is 1. The molecule has 15 heavy (non-hydrogen) atoms. The van der Waals surface area contributed by atoms with Crippen molar-refractivity contribution >= 4 is 34.5 Å². The van der Waals surface area contributed by atoms with E-state index in [1.54, 1.807) is 13.0 Å². The number of amides is 1. The predicted molar refractivity (Wildman–Crippen MR) is 61.5 cm³/mol. The number of carbonyl (C=O) groups excluding carboxylic acids is 1. The zero-order valence-corrected chi connectivity index (χ0v) is 9.86. The minimum absolute atomic E-state index is 0.336. The van der Waals surface area contributed by atoms with E-state index in [4.69, 9.17) is 4.74 Å². The zero-order valence-electron chi connectivity index (χ0n) is 8.23. The van der Waals surface area contributed by atoms with Crippen molar-refractivity contribution in [2.24, 2.45) is 0 Å². The van der Waals surface area contributed by atoms with Gasteiger partial charge in [-0.2, -0.15) is 9.36 Å². The maximum Gasteiger partial charge on any atom is 0.413 e. The van der Waals surface area contributed by atoms with E-state index in [9.17, 15) is 4.79 Å². The second-order valence-corrected chi connectivity index (χ2v) is 4.07. The lowest BCUT2D eigenvalue weighted by Crippen LogP contribution is -2.12. The number of nitrogens with zero attached hydrogens (tertiary/aromatic N) is 2. The van der Waals surface area contributed by atoms with E-state index in [1.165, 1.54) is 11.8 Å². The molecule has 0 saturated heterocycles. The molecule has 1 N–H and O–H groups in total. The Morgan fingerprint density at radius 1 is 1.80 bits per heavy atom. The molecule has 0 radical (unpaired) electrons. The molecule has 5 nitrogen and oxygen atoms in total. The molecular formula is C8H11N3O2S2. The second-order valence-electron chi connectivity index (χ2n) is 2.33. The summed E-state index contributed by atoms with van der Waals surface area (Å²) in [7, 11) is 0. The van der Waals surface area contributed by atoms with Crippen LogP contribution in [-0.4, -0.2) is 27.8 Å². The monoisotopic (exact) mass is 245 g/mol. The first-order valence-electron chi connectivity index (χ1n) is 4.27. The van der Waals surface area contributed by atoms with E-state index >= 15 is 0 Å². The molecular weight excluding hydrogens is 234 g/mol. The fourth-order valence-corrected chi connectivity index (χ4v) is 1.97. The molecule has 0 saturated carbocycles. The van der Waals surface area contributed by atoms with Gasteiger partial charge < -0.3 is 4.74 Å². The van der Waals surface area contributed by atoms with Crippen LogP contribution in [-0.2, 0) is 4.74 Å². The molecule has 0 aliphatic rings. The minimum Gasteiger partial charge on any atom is -0.450 e. The van der Waals surface area contributed by atoms with Crippen LogP contribution in [0.3, 0.4) is 0 Å². The van der Waals surface area contributed by atoms with Gasteiger partial charge in [-0.25, -0.2) is 4.79 Å². The molecule has 7 heteroatoms. The number of nitrogens with one attached hydrogen (secondary N) is 1. The first-order valence-corrected chi connectivity index (χ1v) is 6.03. The topological polar surface area (TPSA) is 64.1 Å². The standard InChI is InChI=1S/C8H11N3O2S2/c1-3-5-14-7-9-6(15-11-7)10-8(12)13-4-2/h3H,1,4-5H2,2H3,(H,9,10,11,12). The number of hydrogen-bond acceptors (Lipinski definition) is 6. The van der Waals surface area contributed by atoms with Crippen molar-refractivity contribution in [3.63, 3.8) is 0 Å². The molecule has 1 aromatic heterocycles. The van der Waals surface area contributed by atoms with Gasteiger partial charge in [0, 0.05) is 17.3 Å². The first kappa shape index (κ1) is 12.0. The lowest BCUT2D eigenvalue weighted by atomic mass is 10.8. The zero-order chi connectivity index (χ0) is 11.1. The molecule has 0 aromatic carbocycles. The minimum atomic E-state index is -0.506. The Labute approximate surface area is 96.1 Å². The molecule has 1 aromatic rings. The average molecular weight is 245 g/mol. The number of carbonyl (C=O) groups is 1. The third kappa shape index (κ3) is 4.30. The van der Waals surface area contributed by atoms with Crippen LogP contribution in [0.2, 0.25) is 0 Å². The Morgan fingerprint density at radius 2 is 2.60 bits per heavy atom. The van der Waals surface area contributed by atoms with Gasteiger partial charge in [0.1, 0.15) is 0 Å². The predicted octanol–water partition coefficient (Wildman–Crippen LogP) is 2.38. The number of rotatable bonds is 5. The molecule has 1 heterocycles. The van der Waals surface area contributed by atoms with E-state index in [0.29, 0.717) is 16.9 Å². The van der Waals surface area contributed by atoms with Crippen LogP contribution in [0.4, 0.5) is 9.93 Å². The largest absolute Gasteiger partial charge is 0.450 e. The van der Waals surface area contributed by atoms with E-state index in [2.05, 4.69) is 21.3 Å². The van der Waals surface area contributed by atoms with Crippen molar-refractivity contribution in [1.29, 1.82) is 0 Å². The molecule has 0 aliphatic heterocycles. The van der Waals surface area contributed by atoms with Gasteiger partial charge in [-0.15, -0.1) is 6.58 Å². The Morgan fingerprint density at radius 3 is 3.27 bits per heavy atom. The number of thioether (sulfide) groups is 1. The summed E-state index contributed by atoms with van der Waals surface area (Å²) in [5.41, 5.74) is 0. The number of aromatic nitrogens is 2. The summed E-state index contributed by atoms with van der Waals surface area (Å²) >= 11 is 2.59. The van der Waals surface area contributed by atoms with E-state index < -0.39 is 6.09 Å². The highest BCUT2D eigenvalue weighted by molar-refractivity contribution is 7.99. The summed E-state index contributed by atoms with van der Waals surface area (Å²) in [5, 5.41) is 3.56. The summed E-state index contributed by atoms with van der Waals surface area (Å²) in [4.78, 5) is 15.1. The van der Waals surface area contributed by atoms with Gasteiger partial charge in [-0.05, 0) is 6.92 Å². The Hall–Kier alpha value is -1.08. The van der Waals surface area contributed by atoms with Gasteiger partial charge in [0.25, 0.3) is 0 Å². The molecule has 0 fully saturated rings. The van der Waals surface area contributed by atoms with Gasteiger partial charge in [0.2, 0.25) is 10.3 Å². The number of anilines is 1. The van der Waals surface area contributed by atoms with Crippen molar-refractivity contribution in [2.75, 3.05) is 17.7 Å². The van der Waals surface area contributed by atoms with E-state index in [0.717, 1.165) is 17.3 Å². The molecule has 0 atom stereocenters. The summed E-state index contributed by atoms with van der Waals surface area (Å²) in [6, 6.07) is 0. The lowest BCUT2D eigenvalue weighted by molar-refractivity contribution is 0.168. The quantitative estimate of drug-likeness (QED) is 0.637. The smallest absolute Gasteiger partial charge is 0.413 e. The van der Waals surface area contributed by atoms with E-state index in [-0.39, 0.29) is 0 Å². The third-order valence-corrected chi connectivity index (χ3v) is 2.81. The van der Waals surface area contributed by atoms with Crippen LogP contribution >= 0.6 is 23.3 Å². The lowest BCUT2D eigenvalue weighted by Gasteiger charge is -1.99. The second kappa shape index (κ2) is 6.41.